The molecule has 3 N–H and O–H groups in total. The lowest BCUT2D eigenvalue weighted by molar-refractivity contribution is -0.136. The van der Waals surface area contributed by atoms with Gasteiger partial charge in [-0.2, -0.15) is 5.10 Å². The summed E-state index contributed by atoms with van der Waals surface area (Å²) in [5.41, 5.74) is 11.9. The predicted octanol–water partition coefficient (Wildman–Crippen LogP) is 6.72. The summed E-state index contributed by atoms with van der Waals surface area (Å²) in [4.78, 5) is 29.0. The van der Waals surface area contributed by atoms with E-state index >= 15 is 0 Å². The molecule has 0 aliphatic heterocycles. The number of nitrogens with zero attached hydrogens (tertiary/aromatic N) is 2. The number of hydrogen-bond donors (Lipinski definition) is 2. The van der Waals surface area contributed by atoms with Crippen molar-refractivity contribution in [3.05, 3.63) is 111 Å². The Morgan fingerprint density at radius 1 is 1.05 bits per heavy atom. The zero-order valence-corrected chi connectivity index (χ0v) is 23.9. The smallest absolute Gasteiger partial charge is 0.328 e. The SMILES string of the molecule is CCCCC[C@H](N)C(=O)Oc1cc(C)ccc1-c1cc(=O)[nH]c2c(-c3ccc(Cl)cc3)c(Cc3ccccc3)nn12. The highest BCUT2D eigenvalue weighted by Crippen LogP contribution is 2.35. The van der Waals surface area contributed by atoms with Crippen LogP contribution >= 0.6 is 11.6 Å². The average molecular weight is 569 g/mol. The Bertz CT molecular complexity index is 1730. The summed E-state index contributed by atoms with van der Waals surface area (Å²) < 4.78 is 7.58. The van der Waals surface area contributed by atoms with Crippen LogP contribution in [-0.4, -0.2) is 26.6 Å². The zero-order valence-electron chi connectivity index (χ0n) is 23.2. The minimum Gasteiger partial charge on any atom is -0.425 e. The molecular formula is C33H33ClN4O3. The summed E-state index contributed by atoms with van der Waals surface area (Å²) >= 11 is 6.19. The molecule has 0 unspecified atom stereocenters. The van der Waals surface area contributed by atoms with E-state index in [0.29, 0.717) is 40.5 Å². The number of carbonyl (C=O) groups excluding carboxylic acids is 1. The van der Waals surface area contributed by atoms with Gasteiger partial charge in [0.1, 0.15) is 17.4 Å². The average Bonchev–Trinajstić information content (AvgIpc) is 3.31. The van der Waals surface area contributed by atoms with Crippen LogP contribution in [0.15, 0.2) is 83.7 Å². The highest BCUT2D eigenvalue weighted by Gasteiger charge is 2.23. The van der Waals surface area contributed by atoms with E-state index in [-0.39, 0.29) is 5.56 Å². The largest absolute Gasteiger partial charge is 0.425 e. The van der Waals surface area contributed by atoms with Gasteiger partial charge in [0.15, 0.2) is 0 Å². The summed E-state index contributed by atoms with van der Waals surface area (Å²) in [5, 5.41) is 5.61. The number of fused-ring (bicyclic) bond motifs is 1. The Kier molecular flexibility index (Phi) is 8.67. The first-order valence-corrected chi connectivity index (χ1v) is 14.2. The molecule has 41 heavy (non-hydrogen) atoms. The Morgan fingerprint density at radius 2 is 1.80 bits per heavy atom. The van der Waals surface area contributed by atoms with Gasteiger partial charge in [-0.05, 0) is 54.3 Å². The number of nitrogens with one attached hydrogen (secondary N) is 1. The number of ether oxygens (including phenoxy) is 1. The number of H-pyrrole nitrogens is 1. The lowest BCUT2D eigenvalue weighted by atomic mass is 10.0. The van der Waals surface area contributed by atoms with Crippen LogP contribution in [0.1, 0.15) is 49.4 Å². The lowest BCUT2D eigenvalue weighted by Crippen LogP contribution is -2.34. The van der Waals surface area contributed by atoms with E-state index in [2.05, 4.69) is 11.9 Å². The van der Waals surface area contributed by atoms with Crippen molar-refractivity contribution in [1.29, 1.82) is 0 Å². The van der Waals surface area contributed by atoms with Crippen molar-refractivity contribution in [2.75, 3.05) is 0 Å². The Balaban J connectivity index is 1.65. The molecule has 2 aromatic heterocycles. The first-order valence-electron chi connectivity index (χ1n) is 13.9. The molecule has 0 aliphatic carbocycles. The third kappa shape index (κ3) is 6.42. The number of nitrogens with two attached hydrogens (primary N) is 1. The minimum absolute atomic E-state index is 0.303. The molecule has 0 radical (unpaired) electrons. The molecule has 2 heterocycles. The summed E-state index contributed by atoms with van der Waals surface area (Å²) in [5.74, 6) is -0.165. The molecule has 7 nitrogen and oxygen atoms in total. The van der Waals surface area contributed by atoms with Crippen LogP contribution in [-0.2, 0) is 11.2 Å². The van der Waals surface area contributed by atoms with E-state index in [0.717, 1.165) is 47.2 Å². The van der Waals surface area contributed by atoms with Crippen molar-refractivity contribution in [2.45, 2.75) is 52.0 Å². The van der Waals surface area contributed by atoms with Crippen LogP contribution in [0.25, 0.3) is 28.0 Å². The fourth-order valence-corrected chi connectivity index (χ4v) is 5.08. The molecule has 0 spiro atoms. The molecule has 5 rings (SSSR count). The molecule has 8 heteroatoms. The summed E-state index contributed by atoms with van der Waals surface area (Å²) in [7, 11) is 0. The first kappa shape index (κ1) is 28.3. The fraction of sp³-hybridized carbons (Fsp3) is 0.242. The maximum absolute atomic E-state index is 13.1. The molecule has 0 saturated carbocycles. The number of rotatable bonds is 10. The van der Waals surface area contributed by atoms with Crippen LogP contribution in [0.5, 0.6) is 5.75 Å². The monoisotopic (exact) mass is 568 g/mol. The number of aromatic nitrogens is 3. The Labute approximate surface area is 243 Å². The minimum atomic E-state index is -0.729. The van der Waals surface area contributed by atoms with Crippen molar-refractivity contribution < 1.29 is 9.53 Å². The highest BCUT2D eigenvalue weighted by atomic mass is 35.5. The van der Waals surface area contributed by atoms with Gasteiger partial charge >= 0.3 is 5.97 Å². The van der Waals surface area contributed by atoms with Gasteiger partial charge in [-0.3, -0.25) is 4.79 Å². The first-order chi connectivity index (χ1) is 19.8. The van der Waals surface area contributed by atoms with E-state index in [1.165, 1.54) is 6.07 Å². The molecular weight excluding hydrogens is 536 g/mol. The van der Waals surface area contributed by atoms with E-state index < -0.39 is 12.0 Å². The van der Waals surface area contributed by atoms with Crippen molar-refractivity contribution in [2.24, 2.45) is 5.73 Å². The van der Waals surface area contributed by atoms with E-state index in [4.69, 9.17) is 27.2 Å². The van der Waals surface area contributed by atoms with Gasteiger partial charge in [0.25, 0.3) is 5.56 Å². The highest BCUT2D eigenvalue weighted by molar-refractivity contribution is 6.30. The quantitative estimate of drug-likeness (QED) is 0.111. The number of esters is 1. The number of carbonyl (C=O) groups is 1. The number of aryl methyl sites for hydroxylation is 1. The van der Waals surface area contributed by atoms with Gasteiger partial charge in [-0.1, -0.05) is 86.3 Å². The number of benzene rings is 3. The van der Waals surface area contributed by atoms with Crippen LogP contribution in [0, 0.1) is 6.92 Å². The predicted molar refractivity (Wildman–Crippen MR) is 163 cm³/mol. The van der Waals surface area contributed by atoms with E-state index in [1.807, 2.05) is 73.7 Å². The number of halogens is 1. The van der Waals surface area contributed by atoms with Gasteiger partial charge in [-0.25, -0.2) is 9.31 Å². The third-order valence-electron chi connectivity index (χ3n) is 7.09. The van der Waals surface area contributed by atoms with Crippen molar-refractivity contribution in [1.82, 2.24) is 14.6 Å². The second kappa shape index (κ2) is 12.5. The van der Waals surface area contributed by atoms with Crippen LogP contribution in [0.3, 0.4) is 0 Å². The molecule has 0 saturated heterocycles. The molecule has 0 fully saturated rings. The van der Waals surface area contributed by atoms with E-state index in [9.17, 15) is 9.59 Å². The molecule has 5 aromatic rings. The molecule has 0 aliphatic rings. The maximum Gasteiger partial charge on any atom is 0.328 e. The standard InChI is InChI=1S/C33H33ClN4O3/c1-3-4-6-11-26(35)33(40)41-29-18-21(2)12-17-25(29)28-20-30(39)36-32-31(23-13-15-24(34)16-14-23)27(37-38(28)32)19-22-9-7-5-8-10-22/h5,7-10,12-18,20,26H,3-4,6,11,19,35H2,1-2H3,(H,36,39)/t26-/m0/s1. The maximum atomic E-state index is 13.1. The van der Waals surface area contributed by atoms with E-state index in [1.54, 1.807) is 10.6 Å². The second-order valence-electron chi connectivity index (χ2n) is 10.3. The zero-order chi connectivity index (χ0) is 28.9. The van der Waals surface area contributed by atoms with Crippen molar-refractivity contribution >= 4 is 23.2 Å². The number of unbranched alkanes of at least 4 members (excludes halogenated alkanes) is 2. The van der Waals surface area contributed by atoms with Crippen LogP contribution in [0.4, 0.5) is 0 Å². The van der Waals surface area contributed by atoms with Crippen LogP contribution in [0.2, 0.25) is 5.02 Å². The summed E-state index contributed by atoms with van der Waals surface area (Å²) in [6, 6.07) is 23.8. The van der Waals surface area contributed by atoms with Crippen molar-refractivity contribution in [3.8, 4) is 28.1 Å². The normalized spacial score (nSPS) is 12.0. The van der Waals surface area contributed by atoms with Gasteiger partial charge in [-0.15, -0.1) is 0 Å². The third-order valence-corrected chi connectivity index (χ3v) is 7.34. The molecule has 1 atom stereocenters. The number of aromatic amines is 1. The molecule has 0 amide bonds. The lowest BCUT2D eigenvalue weighted by Gasteiger charge is -2.15. The van der Waals surface area contributed by atoms with Gasteiger partial charge in [0.05, 0.1) is 11.4 Å². The second-order valence-corrected chi connectivity index (χ2v) is 10.7. The fourth-order valence-electron chi connectivity index (χ4n) is 4.96. The topological polar surface area (TPSA) is 102 Å². The van der Waals surface area contributed by atoms with Crippen LogP contribution < -0.4 is 16.0 Å². The molecule has 0 bridgehead atoms. The van der Waals surface area contributed by atoms with Crippen molar-refractivity contribution in [3.63, 3.8) is 0 Å². The van der Waals surface area contributed by atoms with Gasteiger partial charge < -0.3 is 15.5 Å². The number of hydrogen-bond acceptors (Lipinski definition) is 5. The molecule has 3 aromatic carbocycles. The molecule has 210 valence electrons. The Hall–Kier alpha value is -4.20. The summed E-state index contributed by atoms with van der Waals surface area (Å²) in [6.45, 7) is 4.02. The Morgan fingerprint density at radius 3 is 2.54 bits per heavy atom. The summed E-state index contributed by atoms with van der Waals surface area (Å²) in [6.07, 6.45) is 3.99. The van der Waals surface area contributed by atoms with Gasteiger partial charge in [0.2, 0.25) is 0 Å². The van der Waals surface area contributed by atoms with Gasteiger partial charge in [0, 0.05) is 28.6 Å².